The summed E-state index contributed by atoms with van der Waals surface area (Å²) in [7, 11) is 0. The molecule has 1 aliphatic carbocycles. The van der Waals surface area contributed by atoms with E-state index < -0.39 is 5.41 Å². The second kappa shape index (κ2) is 2.79. The Kier molecular flexibility index (Phi) is 2.15. The molecule has 1 saturated carbocycles. The second-order valence-electron chi connectivity index (χ2n) is 3.39. The van der Waals surface area contributed by atoms with E-state index in [-0.39, 0.29) is 11.9 Å². The topological polar surface area (TPSA) is 81.1 Å². The minimum atomic E-state index is -0.436. The van der Waals surface area contributed by atoms with Crippen LogP contribution in [0.1, 0.15) is 26.2 Å². The minimum Gasteiger partial charge on any atom is -0.327 e. The summed E-state index contributed by atoms with van der Waals surface area (Å²) < 4.78 is 0. The fraction of sp³-hybridized carbons (Fsp3) is 0.857. The molecule has 2 unspecified atom stereocenters. The molecule has 1 fully saturated rings. The Morgan fingerprint density at radius 3 is 2.73 bits per heavy atom. The molecular formula is C7H15N3O. The summed E-state index contributed by atoms with van der Waals surface area (Å²) in [6, 6.07) is -0.0361. The van der Waals surface area contributed by atoms with Crippen molar-refractivity contribution < 1.29 is 4.79 Å². The SMILES string of the molecule is CC1(C(=O)NN)CCCC1N. The maximum absolute atomic E-state index is 11.2. The van der Waals surface area contributed by atoms with Gasteiger partial charge in [0.25, 0.3) is 0 Å². The van der Waals surface area contributed by atoms with Crippen LogP contribution < -0.4 is 17.0 Å². The zero-order valence-electron chi connectivity index (χ0n) is 6.76. The number of rotatable bonds is 1. The molecule has 0 spiro atoms. The third-order valence-electron chi connectivity index (χ3n) is 2.68. The lowest BCUT2D eigenvalue weighted by atomic mass is 9.84. The first-order chi connectivity index (χ1) is 5.11. The van der Waals surface area contributed by atoms with Gasteiger partial charge in [-0.3, -0.25) is 10.2 Å². The van der Waals surface area contributed by atoms with E-state index in [4.69, 9.17) is 11.6 Å². The van der Waals surface area contributed by atoms with Crippen LogP contribution in [0.25, 0.3) is 0 Å². The Morgan fingerprint density at radius 1 is 1.73 bits per heavy atom. The predicted molar refractivity (Wildman–Crippen MR) is 42.3 cm³/mol. The van der Waals surface area contributed by atoms with Gasteiger partial charge in [0, 0.05) is 6.04 Å². The molecule has 0 bridgehead atoms. The van der Waals surface area contributed by atoms with Crippen LogP contribution >= 0.6 is 0 Å². The van der Waals surface area contributed by atoms with Crippen LogP contribution in [-0.2, 0) is 4.79 Å². The van der Waals surface area contributed by atoms with Crippen molar-refractivity contribution in [3.05, 3.63) is 0 Å². The number of hydrazine groups is 1. The van der Waals surface area contributed by atoms with Gasteiger partial charge in [0.2, 0.25) is 5.91 Å². The van der Waals surface area contributed by atoms with Crippen LogP contribution in [0, 0.1) is 5.41 Å². The van der Waals surface area contributed by atoms with E-state index in [0.717, 1.165) is 19.3 Å². The zero-order valence-corrected chi connectivity index (χ0v) is 6.76. The highest BCUT2D eigenvalue weighted by molar-refractivity contribution is 5.82. The summed E-state index contributed by atoms with van der Waals surface area (Å²) in [5.74, 6) is 4.91. The van der Waals surface area contributed by atoms with E-state index in [1.54, 1.807) is 0 Å². The maximum Gasteiger partial charge on any atom is 0.241 e. The molecule has 0 heterocycles. The fourth-order valence-corrected chi connectivity index (χ4v) is 1.64. The molecule has 0 saturated heterocycles. The average Bonchev–Trinajstić information content (AvgIpc) is 2.32. The lowest BCUT2D eigenvalue weighted by molar-refractivity contribution is -0.130. The van der Waals surface area contributed by atoms with Crippen molar-refractivity contribution in [2.75, 3.05) is 0 Å². The van der Waals surface area contributed by atoms with Gasteiger partial charge in [-0.25, -0.2) is 5.84 Å². The van der Waals surface area contributed by atoms with Crippen molar-refractivity contribution in [3.8, 4) is 0 Å². The molecule has 1 aliphatic rings. The molecule has 0 aromatic carbocycles. The Balaban J connectivity index is 2.72. The lowest BCUT2D eigenvalue weighted by Gasteiger charge is -2.26. The van der Waals surface area contributed by atoms with Crippen molar-refractivity contribution in [1.82, 2.24) is 5.43 Å². The van der Waals surface area contributed by atoms with E-state index in [1.807, 2.05) is 6.92 Å². The summed E-state index contributed by atoms with van der Waals surface area (Å²) in [5.41, 5.74) is 7.50. The molecule has 0 aromatic heterocycles. The number of hydrogen-bond acceptors (Lipinski definition) is 3. The molecule has 4 heteroatoms. The molecule has 0 aliphatic heterocycles. The van der Waals surface area contributed by atoms with Gasteiger partial charge in [-0.05, 0) is 19.8 Å². The first kappa shape index (κ1) is 8.49. The molecule has 2 atom stereocenters. The van der Waals surface area contributed by atoms with Crippen LogP contribution in [0.4, 0.5) is 0 Å². The Labute approximate surface area is 66.3 Å². The number of carbonyl (C=O) groups excluding carboxylic acids is 1. The van der Waals surface area contributed by atoms with Gasteiger partial charge in [0.1, 0.15) is 0 Å². The van der Waals surface area contributed by atoms with E-state index >= 15 is 0 Å². The zero-order chi connectivity index (χ0) is 8.48. The van der Waals surface area contributed by atoms with E-state index in [9.17, 15) is 4.79 Å². The second-order valence-corrected chi connectivity index (χ2v) is 3.39. The normalized spacial score (nSPS) is 37.2. The maximum atomic E-state index is 11.2. The third-order valence-corrected chi connectivity index (χ3v) is 2.68. The summed E-state index contributed by atoms with van der Waals surface area (Å²) in [6.45, 7) is 1.87. The molecule has 1 amide bonds. The highest BCUT2D eigenvalue weighted by atomic mass is 16.2. The largest absolute Gasteiger partial charge is 0.327 e. The summed E-state index contributed by atoms with van der Waals surface area (Å²) in [4.78, 5) is 11.2. The van der Waals surface area contributed by atoms with Gasteiger partial charge in [0.05, 0.1) is 5.41 Å². The molecule has 64 valence electrons. The molecular weight excluding hydrogens is 142 g/mol. The molecule has 11 heavy (non-hydrogen) atoms. The fourth-order valence-electron chi connectivity index (χ4n) is 1.64. The summed E-state index contributed by atoms with van der Waals surface area (Å²) >= 11 is 0. The van der Waals surface area contributed by atoms with E-state index in [1.165, 1.54) is 0 Å². The van der Waals surface area contributed by atoms with Crippen molar-refractivity contribution in [3.63, 3.8) is 0 Å². The van der Waals surface area contributed by atoms with Crippen molar-refractivity contribution >= 4 is 5.91 Å². The molecule has 0 radical (unpaired) electrons. The first-order valence-electron chi connectivity index (χ1n) is 3.88. The van der Waals surface area contributed by atoms with E-state index in [2.05, 4.69) is 5.43 Å². The number of carbonyl (C=O) groups is 1. The average molecular weight is 157 g/mol. The van der Waals surface area contributed by atoms with Crippen LogP contribution in [0.2, 0.25) is 0 Å². The Morgan fingerprint density at radius 2 is 2.36 bits per heavy atom. The standard InChI is InChI=1S/C7H15N3O/c1-7(6(11)10-9)4-2-3-5(7)8/h5H,2-4,8-9H2,1H3,(H,10,11). The summed E-state index contributed by atoms with van der Waals surface area (Å²) in [6.07, 6.45) is 2.78. The predicted octanol–water partition coefficient (Wildman–Crippen LogP) is -0.506. The molecule has 1 rings (SSSR count). The lowest BCUT2D eigenvalue weighted by Crippen LogP contribution is -2.49. The highest BCUT2D eigenvalue weighted by Gasteiger charge is 2.42. The number of nitrogens with two attached hydrogens (primary N) is 2. The Bertz CT molecular complexity index is 171. The minimum absolute atomic E-state index is 0.0361. The number of hydrogen-bond donors (Lipinski definition) is 3. The Hall–Kier alpha value is -0.610. The van der Waals surface area contributed by atoms with Gasteiger partial charge in [-0.15, -0.1) is 0 Å². The first-order valence-corrected chi connectivity index (χ1v) is 3.88. The van der Waals surface area contributed by atoms with Crippen molar-refractivity contribution in [1.29, 1.82) is 0 Å². The van der Waals surface area contributed by atoms with Gasteiger partial charge < -0.3 is 5.73 Å². The van der Waals surface area contributed by atoms with Crippen LogP contribution in [0.5, 0.6) is 0 Å². The van der Waals surface area contributed by atoms with E-state index in [0.29, 0.717) is 0 Å². The van der Waals surface area contributed by atoms with Gasteiger partial charge in [-0.2, -0.15) is 0 Å². The monoisotopic (exact) mass is 157 g/mol. The number of nitrogens with one attached hydrogen (secondary N) is 1. The molecule has 4 nitrogen and oxygen atoms in total. The van der Waals surface area contributed by atoms with Gasteiger partial charge in [-0.1, -0.05) is 6.42 Å². The highest BCUT2D eigenvalue weighted by Crippen LogP contribution is 2.36. The summed E-state index contributed by atoms with van der Waals surface area (Å²) in [5, 5.41) is 0. The van der Waals surface area contributed by atoms with Gasteiger partial charge in [0.15, 0.2) is 0 Å². The van der Waals surface area contributed by atoms with Crippen LogP contribution in [0.15, 0.2) is 0 Å². The van der Waals surface area contributed by atoms with Crippen LogP contribution in [-0.4, -0.2) is 11.9 Å². The smallest absolute Gasteiger partial charge is 0.241 e. The van der Waals surface area contributed by atoms with Gasteiger partial charge >= 0.3 is 0 Å². The number of amides is 1. The molecule has 0 aromatic rings. The molecule has 5 N–H and O–H groups in total. The third kappa shape index (κ3) is 1.23. The van der Waals surface area contributed by atoms with Crippen LogP contribution in [0.3, 0.4) is 0 Å². The quantitative estimate of drug-likeness (QED) is 0.272. The van der Waals surface area contributed by atoms with Crippen molar-refractivity contribution in [2.24, 2.45) is 17.0 Å². The van der Waals surface area contributed by atoms with Crippen molar-refractivity contribution in [2.45, 2.75) is 32.2 Å².